The molecular formula is C16H20N8O3. The van der Waals surface area contributed by atoms with E-state index >= 15 is 0 Å². The number of ether oxygens (including phenoxy) is 2. The summed E-state index contributed by atoms with van der Waals surface area (Å²) in [7, 11) is 1.65. The van der Waals surface area contributed by atoms with Gasteiger partial charge in [0, 0.05) is 38.2 Å². The summed E-state index contributed by atoms with van der Waals surface area (Å²) < 4.78 is 18.1. The van der Waals surface area contributed by atoms with Crippen LogP contribution in [0.2, 0.25) is 0 Å². The van der Waals surface area contributed by atoms with Crippen LogP contribution >= 0.6 is 0 Å². The Morgan fingerprint density at radius 3 is 3.19 bits per heavy atom. The van der Waals surface area contributed by atoms with Gasteiger partial charge in [-0.25, -0.2) is 4.68 Å². The van der Waals surface area contributed by atoms with E-state index in [0.29, 0.717) is 50.4 Å². The van der Waals surface area contributed by atoms with E-state index in [0.717, 1.165) is 12.1 Å². The van der Waals surface area contributed by atoms with Crippen molar-refractivity contribution in [2.24, 2.45) is 0 Å². The number of pyridine rings is 1. The fourth-order valence-electron chi connectivity index (χ4n) is 2.90. The maximum Gasteiger partial charge on any atom is 0.241 e. The van der Waals surface area contributed by atoms with Crippen LogP contribution in [0.1, 0.15) is 17.8 Å². The Morgan fingerprint density at radius 2 is 2.33 bits per heavy atom. The quantitative estimate of drug-likeness (QED) is 0.574. The molecule has 4 heterocycles. The molecule has 0 saturated carbocycles. The Bertz CT molecular complexity index is 852. The van der Waals surface area contributed by atoms with Gasteiger partial charge in [0.25, 0.3) is 0 Å². The highest BCUT2D eigenvalue weighted by molar-refractivity contribution is 5.51. The van der Waals surface area contributed by atoms with Crippen LogP contribution in [-0.2, 0) is 22.6 Å². The minimum Gasteiger partial charge on any atom is -0.383 e. The Balaban J connectivity index is 1.41. The molecule has 0 radical (unpaired) electrons. The average Bonchev–Trinajstić information content (AvgIpc) is 3.37. The molecule has 11 heteroatoms. The largest absolute Gasteiger partial charge is 0.383 e. The minimum absolute atomic E-state index is 0.216. The summed E-state index contributed by atoms with van der Waals surface area (Å²) in [5.74, 6) is 1.78. The third-order valence-electron chi connectivity index (χ3n) is 4.25. The van der Waals surface area contributed by atoms with Crippen LogP contribution in [0, 0.1) is 0 Å². The lowest BCUT2D eigenvalue weighted by molar-refractivity contribution is -0.0421. The summed E-state index contributed by atoms with van der Waals surface area (Å²) in [6.07, 6.45) is 3.20. The minimum atomic E-state index is -0.216. The first-order valence-electron chi connectivity index (χ1n) is 8.65. The number of methoxy groups -OCH3 is 1. The predicted molar refractivity (Wildman–Crippen MR) is 91.2 cm³/mol. The second-order valence-electron chi connectivity index (χ2n) is 6.10. The maximum atomic E-state index is 5.86. The van der Waals surface area contributed by atoms with Gasteiger partial charge in [-0.2, -0.15) is 4.98 Å². The average molecular weight is 372 g/mol. The van der Waals surface area contributed by atoms with E-state index < -0.39 is 0 Å². The van der Waals surface area contributed by atoms with E-state index in [1.807, 2.05) is 12.1 Å². The van der Waals surface area contributed by atoms with Gasteiger partial charge in [-0.3, -0.25) is 9.88 Å². The van der Waals surface area contributed by atoms with Crippen molar-refractivity contribution in [1.82, 2.24) is 40.2 Å². The van der Waals surface area contributed by atoms with E-state index in [-0.39, 0.29) is 6.10 Å². The van der Waals surface area contributed by atoms with Crippen LogP contribution in [0.25, 0.3) is 11.4 Å². The Kier molecular flexibility index (Phi) is 5.42. The van der Waals surface area contributed by atoms with Crippen LogP contribution in [0.5, 0.6) is 0 Å². The lowest BCUT2D eigenvalue weighted by Gasteiger charge is -2.31. The van der Waals surface area contributed by atoms with Gasteiger partial charge in [0.05, 0.1) is 26.3 Å². The van der Waals surface area contributed by atoms with Crippen molar-refractivity contribution in [3.8, 4) is 11.4 Å². The zero-order valence-corrected chi connectivity index (χ0v) is 14.9. The Labute approximate surface area is 155 Å². The molecule has 142 valence electrons. The number of hydrogen-bond donors (Lipinski definition) is 0. The van der Waals surface area contributed by atoms with Gasteiger partial charge in [-0.1, -0.05) is 5.16 Å². The molecular weight excluding hydrogens is 352 g/mol. The highest BCUT2D eigenvalue weighted by atomic mass is 16.5. The first-order chi connectivity index (χ1) is 13.3. The molecule has 0 amide bonds. The molecule has 3 aromatic rings. The molecule has 1 saturated heterocycles. The molecule has 0 aliphatic carbocycles. The van der Waals surface area contributed by atoms with Gasteiger partial charge >= 0.3 is 0 Å². The van der Waals surface area contributed by atoms with Gasteiger partial charge in [0.2, 0.25) is 11.7 Å². The highest BCUT2D eigenvalue weighted by Crippen LogP contribution is 2.22. The van der Waals surface area contributed by atoms with E-state index in [1.54, 1.807) is 24.2 Å². The van der Waals surface area contributed by atoms with E-state index in [4.69, 9.17) is 14.0 Å². The van der Waals surface area contributed by atoms with E-state index in [9.17, 15) is 0 Å². The zero-order valence-electron chi connectivity index (χ0n) is 14.9. The second kappa shape index (κ2) is 8.29. The van der Waals surface area contributed by atoms with Gasteiger partial charge < -0.3 is 14.0 Å². The van der Waals surface area contributed by atoms with Gasteiger partial charge in [-0.15, -0.1) is 5.10 Å². The van der Waals surface area contributed by atoms with Gasteiger partial charge in [0.1, 0.15) is 6.10 Å². The van der Waals surface area contributed by atoms with E-state index in [1.165, 1.54) is 0 Å². The number of morpholine rings is 1. The van der Waals surface area contributed by atoms with Crippen molar-refractivity contribution < 1.29 is 14.0 Å². The first-order valence-corrected chi connectivity index (χ1v) is 8.65. The molecule has 3 aromatic heterocycles. The SMILES string of the molecule is COCCn1nnnc1[C@@H]1CN(Cc2nc(-c3cccnc3)no2)CCO1. The summed E-state index contributed by atoms with van der Waals surface area (Å²) >= 11 is 0. The third kappa shape index (κ3) is 4.15. The summed E-state index contributed by atoms with van der Waals surface area (Å²) in [5, 5.41) is 15.9. The van der Waals surface area contributed by atoms with E-state index in [2.05, 4.69) is 35.5 Å². The molecule has 11 nitrogen and oxygen atoms in total. The fraction of sp³-hybridized carbons (Fsp3) is 0.500. The van der Waals surface area contributed by atoms with Crippen LogP contribution < -0.4 is 0 Å². The van der Waals surface area contributed by atoms with Crippen molar-refractivity contribution in [1.29, 1.82) is 0 Å². The Morgan fingerprint density at radius 1 is 1.37 bits per heavy atom. The fourth-order valence-corrected chi connectivity index (χ4v) is 2.90. The molecule has 1 atom stereocenters. The standard InChI is InChI=1S/C16H20N8O3/c1-25-7-6-24-16(19-21-22-24)13-10-23(5-8-26-13)11-14-18-15(20-27-14)12-3-2-4-17-9-12/h2-4,9,13H,5-8,10-11H2,1H3/t13-/m0/s1. The number of hydrogen-bond acceptors (Lipinski definition) is 10. The molecule has 0 spiro atoms. The first kappa shape index (κ1) is 17.6. The van der Waals surface area contributed by atoms with Gasteiger partial charge in [0.15, 0.2) is 5.82 Å². The molecule has 0 bridgehead atoms. The maximum absolute atomic E-state index is 5.86. The summed E-state index contributed by atoms with van der Waals surface area (Å²) in [4.78, 5) is 10.7. The summed E-state index contributed by atoms with van der Waals surface area (Å²) in [6.45, 7) is 3.63. The smallest absolute Gasteiger partial charge is 0.241 e. The lowest BCUT2D eigenvalue weighted by atomic mass is 10.2. The van der Waals surface area contributed by atoms with Crippen LogP contribution in [0.3, 0.4) is 0 Å². The van der Waals surface area contributed by atoms with Crippen molar-refractivity contribution in [3.05, 3.63) is 36.2 Å². The number of nitrogens with zero attached hydrogens (tertiary/aromatic N) is 8. The number of rotatable bonds is 7. The van der Waals surface area contributed by atoms with Crippen LogP contribution in [-0.4, -0.2) is 73.6 Å². The topological polar surface area (TPSA) is 117 Å². The molecule has 0 aromatic carbocycles. The molecule has 1 aliphatic heterocycles. The zero-order chi connectivity index (χ0) is 18.5. The number of aromatic nitrogens is 7. The predicted octanol–water partition coefficient (Wildman–Crippen LogP) is 0.338. The molecule has 4 rings (SSSR count). The number of tetrazole rings is 1. The molecule has 27 heavy (non-hydrogen) atoms. The normalized spacial score (nSPS) is 18.0. The highest BCUT2D eigenvalue weighted by Gasteiger charge is 2.27. The van der Waals surface area contributed by atoms with Crippen molar-refractivity contribution >= 4 is 0 Å². The molecule has 1 aliphatic rings. The van der Waals surface area contributed by atoms with Crippen molar-refractivity contribution in [2.45, 2.75) is 19.2 Å². The monoisotopic (exact) mass is 372 g/mol. The van der Waals surface area contributed by atoms with Gasteiger partial charge in [-0.05, 0) is 22.6 Å². The molecule has 0 N–H and O–H groups in total. The lowest BCUT2D eigenvalue weighted by Crippen LogP contribution is -2.39. The summed E-state index contributed by atoms with van der Waals surface area (Å²) in [5.41, 5.74) is 0.824. The second-order valence-corrected chi connectivity index (χ2v) is 6.10. The Hall–Kier alpha value is -2.76. The molecule has 1 fully saturated rings. The molecule has 0 unspecified atom stereocenters. The summed E-state index contributed by atoms with van der Waals surface area (Å²) in [6, 6.07) is 3.73. The van der Waals surface area contributed by atoms with Crippen LogP contribution in [0.4, 0.5) is 0 Å². The van der Waals surface area contributed by atoms with Crippen molar-refractivity contribution in [3.63, 3.8) is 0 Å². The van der Waals surface area contributed by atoms with Crippen molar-refractivity contribution in [2.75, 3.05) is 33.4 Å². The third-order valence-corrected chi connectivity index (χ3v) is 4.25. The van der Waals surface area contributed by atoms with Crippen LogP contribution in [0.15, 0.2) is 29.0 Å².